The molecule has 0 radical (unpaired) electrons. The molecule has 0 saturated heterocycles. The van der Waals surface area contributed by atoms with Crippen LogP contribution in [0.15, 0.2) is 47.3 Å². The van der Waals surface area contributed by atoms with Crippen LogP contribution < -0.4 is 10.9 Å². The van der Waals surface area contributed by atoms with E-state index in [1.807, 2.05) is 13.0 Å². The van der Waals surface area contributed by atoms with Crippen LogP contribution in [0.4, 0.5) is 5.69 Å². The van der Waals surface area contributed by atoms with E-state index < -0.39 is 0 Å². The number of hydrogen-bond acceptors (Lipinski definition) is 4. The molecule has 7 heteroatoms. The van der Waals surface area contributed by atoms with Gasteiger partial charge in [0.1, 0.15) is 0 Å². The van der Waals surface area contributed by atoms with E-state index in [0.717, 1.165) is 0 Å². The smallest absolute Gasteiger partial charge is 0.262 e. The third-order valence-electron chi connectivity index (χ3n) is 3.81. The van der Waals surface area contributed by atoms with Gasteiger partial charge in [-0.05, 0) is 55.5 Å². The van der Waals surface area contributed by atoms with Crippen LogP contribution in [0.25, 0.3) is 10.9 Å². The molecule has 1 amide bonds. The van der Waals surface area contributed by atoms with Crippen LogP contribution >= 0.6 is 12.2 Å². The summed E-state index contributed by atoms with van der Waals surface area (Å²) in [5.41, 5.74) is 1.70. The molecule has 1 heterocycles. The first-order valence-corrected chi connectivity index (χ1v) is 8.02. The van der Waals surface area contributed by atoms with Crippen molar-refractivity contribution in [3.05, 3.63) is 68.7 Å². The first kappa shape index (κ1) is 16.6. The Hall–Kier alpha value is -3.24. The van der Waals surface area contributed by atoms with E-state index >= 15 is 0 Å². The molecule has 25 heavy (non-hydrogen) atoms. The van der Waals surface area contributed by atoms with Gasteiger partial charge in [-0.2, -0.15) is 5.26 Å². The monoisotopic (exact) mass is 350 g/mol. The predicted octanol–water partition coefficient (Wildman–Crippen LogP) is 3.20. The molecular weight excluding hydrogens is 336 g/mol. The fraction of sp³-hybridized carbons (Fsp3) is 0.111. The van der Waals surface area contributed by atoms with Crippen LogP contribution in [0.2, 0.25) is 0 Å². The van der Waals surface area contributed by atoms with Crippen molar-refractivity contribution in [1.29, 1.82) is 5.26 Å². The van der Waals surface area contributed by atoms with Gasteiger partial charge in [0.15, 0.2) is 4.77 Å². The van der Waals surface area contributed by atoms with E-state index in [2.05, 4.69) is 10.3 Å². The van der Waals surface area contributed by atoms with Gasteiger partial charge in [0.05, 0.1) is 22.5 Å². The van der Waals surface area contributed by atoms with E-state index in [4.69, 9.17) is 17.5 Å². The first-order valence-electron chi connectivity index (χ1n) is 7.62. The van der Waals surface area contributed by atoms with E-state index in [-0.39, 0.29) is 11.5 Å². The number of nitriles is 1. The highest BCUT2D eigenvalue weighted by molar-refractivity contribution is 7.71. The molecule has 0 atom stereocenters. The number of amides is 1. The third kappa shape index (κ3) is 3.20. The summed E-state index contributed by atoms with van der Waals surface area (Å²) in [7, 11) is 0. The second kappa shape index (κ2) is 6.71. The minimum atomic E-state index is -0.337. The predicted molar refractivity (Wildman–Crippen MR) is 98.2 cm³/mol. The van der Waals surface area contributed by atoms with Gasteiger partial charge in [-0.3, -0.25) is 14.2 Å². The molecule has 0 aliphatic heterocycles. The van der Waals surface area contributed by atoms with Gasteiger partial charge in [0, 0.05) is 17.8 Å². The van der Waals surface area contributed by atoms with Crippen molar-refractivity contribution in [2.75, 3.05) is 5.32 Å². The molecular formula is C18H14N4O2S. The average Bonchev–Trinajstić information content (AvgIpc) is 2.61. The standard InChI is InChI=1S/C18H14N4O2S/c1-2-22-17(24)14-7-6-12(9-15(14)21-18(22)25)16(23)20-13-5-3-4-11(8-13)10-19/h3-9H,2H2,1H3,(H,20,23)(H,21,25). The van der Waals surface area contributed by atoms with Crippen molar-refractivity contribution in [1.82, 2.24) is 9.55 Å². The molecule has 0 aliphatic rings. The number of nitrogens with one attached hydrogen (secondary N) is 2. The number of nitrogens with zero attached hydrogens (tertiary/aromatic N) is 2. The summed E-state index contributed by atoms with van der Waals surface area (Å²) in [4.78, 5) is 27.8. The van der Waals surface area contributed by atoms with Gasteiger partial charge in [-0.15, -0.1) is 0 Å². The zero-order chi connectivity index (χ0) is 18.0. The van der Waals surface area contributed by atoms with Crippen LogP contribution in [0.5, 0.6) is 0 Å². The van der Waals surface area contributed by atoms with Crippen LogP contribution in [0.1, 0.15) is 22.8 Å². The molecule has 0 bridgehead atoms. The lowest BCUT2D eigenvalue weighted by atomic mass is 10.1. The second-order valence-corrected chi connectivity index (χ2v) is 5.77. The van der Waals surface area contributed by atoms with Crippen LogP contribution in [-0.4, -0.2) is 15.5 Å². The Morgan fingerprint density at radius 1 is 1.32 bits per heavy atom. The topological polar surface area (TPSA) is 90.7 Å². The lowest BCUT2D eigenvalue weighted by Gasteiger charge is -2.08. The van der Waals surface area contributed by atoms with Gasteiger partial charge in [0.2, 0.25) is 0 Å². The molecule has 2 N–H and O–H groups in total. The molecule has 1 aromatic heterocycles. The minimum Gasteiger partial charge on any atom is -0.332 e. The number of anilines is 1. The Morgan fingerprint density at radius 3 is 2.84 bits per heavy atom. The minimum absolute atomic E-state index is 0.185. The molecule has 0 aliphatic carbocycles. The summed E-state index contributed by atoms with van der Waals surface area (Å²) in [5, 5.41) is 12.1. The van der Waals surface area contributed by atoms with Crippen molar-refractivity contribution in [3.63, 3.8) is 0 Å². The number of aromatic nitrogens is 2. The zero-order valence-corrected chi connectivity index (χ0v) is 14.2. The van der Waals surface area contributed by atoms with Gasteiger partial charge in [0.25, 0.3) is 11.5 Å². The highest BCUT2D eigenvalue weighted by Crippen LogP contribution is 2.15. The maximum atomic E-state index is 12.4. The molecule has 0 spiro atoms. The lowest BCUT2D eigenvalue weighted by molar-refractivity contribution is 0.102. The molecule has 124 valence electrons. The Morgan fingerprint density at radius 2 is 2.12 bits per heavy atom. The molecule has 3 rings (SSSR count). The number of fused-ring (bicyclic) bond motifs is 1. The first-order chi connectivity index (χ1) is 12.0. The maximum absolute atomic E-state index is 12.4. The van der Waals surface area contributed by atoms with E-state index in [1.165, 1.54) is 4.57 Å². The summed E-state index contributed by atoms with van der Waals surface area (Å²) < 4.78 is 1.78. The van der Waals surface area contributed by atoms with Gasteiger partial charge < -0.3 is 10.3 Å². The average molecular weight is 350 g/mol. The highest BCUT2D eigenvalue weighted by Gasteiger charge is 2.10. The van der Waals surface area contributed by atoms with Crippen molar-refractivity contribution in [3.8, 4) is 6.07 Å². The molecule has 6 nitrogen and oxygen atoms in total. The summed E-state index contributed by atoms with van der Waals surface area (Å²) in [6.07, 6.45) is 0. The Bertz CT molecular complexity index is 1140. The number of hydrogen-bond donors (Lipinski definition) is 2. The fourth-order valence-electron chi connectivity index (χ4n) is 2.55. The van der Waals surface area contributed by atoms with E-state index in [1.54, 1.807) is 42.5 Å². The van der Waals surface area contributed by atoms with Gasteiger partial charge >= 0.3 is 0 Å². The summed E-state index contributed by atoms with van der Waals surface area (Å²) in [5.74, 6) is -0.337. The largest absolute Gasteiger partial charge is 0.332 e. The number of carbonyl (C=O) groups excluding carboxylic acids is 1. The molecule has 0 saturated carbocycles. The molecule has 3 aromatic rings. The van der Waals surface area contributed by atoms with E-state index in [0.29, 0.717) is 39.0 Å². The van der Waals surface area contributed by atoms with Crippen LogP contribution in [-0.2, 0) is 6.54 Å². The van der Waals surface area contributed by atoms with Crippen molar-refractivity contribution in [2.24, 2.45) is 0 Å². The summed E-state index contributed by atoms with van der Waals surface area (Å²) >= 11 is 5.18. The highest BCUT2D eigenvalue weighted by atomic mass is 32.1. The third-order valence-corrected chi connectivity index (χ3v) is 4.13. The lowest BCUT2D eigenvalue weighted by Crippen LogP contribution is -2.21. The Labute approximate surface area is 148 Å². The Kier molecular flexibility index (Phi) is 4.46. The van der Waals surface area contributed by atoms with Crippen molar-refractivity contribution in [2.45, 2.75) is 13.5 Å². The summed E-state index contributed by atoms with van der Waals surface area (Å²) in [6, 6.07) is 13.5. The van der Waals surface area contributed by atoms with Crippen LogP contribution in [0, 0.1) is 16.1 Å². The number of rotatable bonds is 3. The Balaban J connectivity index is 1.99. The zero-order valence-electron chi connectivity index (χ0n) is 13.4. The van der Waals surface area contributed by atoms with Crippen molar-refractivity contribution < 1.29 is 4.79 Å². The normalized spacial score (nSPS) is 10.4. The van der Waals surface area contributed by atoms with Gasteiger partial charge in [-0.25, -0.2) is 0 Å². The maximum Gasteiger partial charge on any atom is 0.262 e. The number of carbonyl (C=O) groups is 1. The number of aromatic amines is 1. The van der Waals surface area contributed by atoms with E-state index in [9.17, 15) is 9.59 Å². The van der Waals surface area contributed by atoms with Gasteiger partial charge in [-0.1, -0.05) is 6.07 Å². The second-order valence-electron chi connectivity index (χ2n) is 5.39. The molecule has 0 fully saturated rings. The fourth-order valence-corrected chi connectivity index (χ4v) is 2.87. The summed E-state index contributed by atoms with van der Waals surface area (Å²) in [6.45, 7) is 2.32. The molecule has 2 aromatic carbocycles. The number of H-pyrrole nitrogens is 1. The van der Waals surface area contributed by atoms with Crippen molar-refractivity contribution >= 4 is 34.7 Å². The number of benzene rings is 2. The SMILES string of the molecule is CCn1c(=S)[nH]c2cc(C(=O)Nc3cccc(C#N)c3)ccc2c1=O. The molecule has 0 unspecified atom stereocenters. The quantitative estimate of drug-likeness (QED) is 0.710. The van der Waals surface area contributed by atoms with Crippen LogP contribution in [0.3, 0.4) is 0 Å².